The van der Waals surface area contributed by atoms with E-state index in [0.29, 0.717) is 17.7 Å². The van der Waals surface area contributed by atoms with Crippen LogP contribution in [0.25, 0.3) is 21.9 Å². The van der Waals surface area contributed by atoms with Crippen LogP contribution in [-0.2, 0) is 16.6 Å². The smallest absolute Gasteiger partial charge is 0.258 e. The Bertz CT molecular complexity index is 1080. The van der Waals surface area contributed by atoms with E-state index < -0.39 is 6.10 Å². The van der Waals surface area contributed by atoms with E-state index in [9.17, 15) is 9.59 Å². The summed E-state index contributed by atoms with van der Waals surface area (Å²) in [5.41, 5.74) is 3.17. The SMILES string of the molecule is CCOc1ccc(-c2c(C(C=O)OC(C)C)n(C)c(=O)c3ccc(C)cc23)cc1. The maximum absolute atomic E-state index is 13.1. The Morgan fingerprint density at radius 2 is 1.76 bits per heavy atom. The molecule has 1 unspecified atom stereocenters. The minimum absolute atomic E-state index is 0.149. The van der Waals surface area contributed by atoms with E-state index in [1.165, 1.54) is 4.57 Å². The van der Waals surface area contributed by atoms with Gasteiger partial charge < -0.3 is 18.8 Å². The van der Waals surface area contributed by atoms with Gasteiger partial charge in [0.2, 0.25) is 0 Å². The molecule has 0 aliphatic rings. The second kappa shape index (κ2) is 8.62. The number of aryl methyl sites for hydroxylation is 1. The lowest BCUT2D eigenvalue weighted by Crippen LogP contribution is -2.26. The highest BCUT2D eigenvalue weighted by Crippen LogP contribution is 2.36. The first kappa shape index (κ1) is 20.8. The second-order valence-corrected chi connectivity index (χ2v) is 7.37. The summed E-state index contributed by atoms with van der Waals surface area (Å²) in [6.07, 6.45) is -0.255. The van der Waals surface area contributed by atoms with Crippen LogP contribution in [-0.4, -0.2) is 23.6 Å². The standard InChI is InChI=1S/C24H27NO4/c1-6-28-18-10-8-17(9-11-18)22-20-13-16(4)7-12-19(20)24(27)25(5)23(22)21(14-26)29-15(2)3/h7-15,21H,6H2,1-5H3. The van der Waals surface area contributed by atoms with E-state index in [-0.39, 0.29) is 11.7 Å². The van der Waals surface area contributed by atoms with Crippen molar-refractivity contribution in [2.24, 2.45) is 7.05 Å². The van der Waals surface area contributed by atoms with E-state index in [4.69, 9.17) is 9.47 Å². The highest BCUT2D eigenvalue weighted by atomic mass is 16.5. The van der Waals surface area contributed by atoms with Gasteiger partial charge in [-0.05, 0) is 56.8 Å². The fourth-order valence-corrected chi connectivity index (χ4v) is 3.62. The zero-order chi connectivity index (χ0) is 21.1. The average molecular weight is 393 g/mol. The molecular formula is C24H27NO4. The number of carbonyl (C=O) groups excluding carboxylic acids is 1. The summed E-state index contributed by atoms with van der Waals surface area (Å²) in [7, 11) is 1.69. The summed E-state index contributed by atoms with van der Waals surface area (Å²) in [6, 6.07) is 13.5. The Morgan fingerprint density at radius 1 is 1.07 bits per heavy atom. The van der Waals surface area contributed by atoms with E-state index in [2.05, 4.69) is 0 Å². The third-order valence-electron chi connectivity index (χ3n) is 4.86. The zero-order valence-electron chi connectivity index (χ0n) is 17.6. The third-order valence-corrected chi connectivity index (χ3v) is 4.86. The number of carbonyl (C=O) groups is 1. The lowest BCUT2D eigenvalue weighted by atomic mass is 9.93. The number of pyridine rings is 1. The summed E-state index contributed by atoms with van der Waals surface area (Å²) < 4.78 is 13.0. The quantitative estimate of drug-likeness (QED) is 0.552. The van der Waals surface area contributed by atoms with Crippen molar-refractivity contribution in [1.29, 1.82) is 0 Å². The summed E-state index contributed by atoms with van der Waals surface area (Å²) in [6.45, 7) is 8.25. The van der Waals surface area contributed by atoms with Crippen LogP contribution in [0.15, 0.2) is 47.3 Å². The predicted molar refractivity (Wildman–Crippen MR) is 116 cm³/mol. The summed E-state index contributed by atoms with van der Waals surface area (Å²) in [4.78, 5) is 25.0. The maximum atomic E-state index is 13.1. The molecule has 0 spiro atoms. The van der Waals surface area contributed by atoms with Gasteiger partial charge >= 0.3 is 0 Å². The van der Waals surface area contributed by atoms with Crippen molar-refractivity contribution < 1.29 is 14.3 Å². The average Bonchev–Trinajstić information content (AvgIpc) is 2.69. The van der Waals surface area contributed by atoms with Gasteiger partial charge in [-0.25, -0.2) is 0 Å². The van der Waals surface area contributed by atoms with Crippen molar-refractivity contribution in [2.45, 2.75) is 39.9 Å². The Kier molecular flexibility index (Phi) is 6.18. The van der Waals surface area contributed by atoms with Crippen molar-refractivity contribution in [3.8, 4) is 16.9 Å². The van der Waals surface area contributed by atoms with E-state index in [1.54, 1.807) is 7.05 Å². The number of rotatable bonds is 7. The fourth-order valence-electron chi connectivity index (χ4n) is 3.62. The molecule has 3 rings (SSSR count). The van der Waals surface area contributed by atoms with Gasteiger partial charge in [-0.2, -0.15) is 0 Å². The van der Waals surface area contributed by atoms with Gasteiger partial charge in [0.15, 0.2) is 12.4 Å². The van der Waals surface area contributed by atoms with Gasteiger partial charge in [-0.15, -0.1) is 0 Å². The van der Waals surface area contributed by atoms with Gasteiger partial charge in [-0.1, -0.05) is 29.8 Å². The van der Waals surface area contributed by atoms with Crippen molar-refractivity contribution in [1.82, 2.24) is 4.57 Å². The molecule has 0 bridgehead atoms. The first-order chi connectivity index (χ1) is 13.9. The van der Waals surface area contributed by atoms with Crippen molar-refractivity contribution in [3.05, 3.63) is 64.1 Å². The fraction of sp³-hybridized carbons (Fsp3) is 0.333. The molecule has 0 radical (unpaired) electrons. The minimum Gasteiger partial charge on any atom is -0.494 e. The Labute approximate surface area is 170 Å². The van der Waals surface area contributed by atoms with Gasteiger partial charge in [-0.3, -0.25) is 4.79 Å². The molecule has 152 valence electrons. The molecule has 1 atom stereocenters. The maximum Gasteiger partial charge on any atom is 0.258 e. The highest BCUT2D eigenvalue weighted by molar-refractivity contribution is 5.98. The van der Waals surface area contributed by atoms with Crippen LogP contribution in [0, 0.1) is 6.92 Å². The number of aromatic nitrogens is 1. The van der Waals surface area contributed by atoms with Crippen LogP contribution in [0.5, 0.6) is 5.75 Å². The number of hydrogen-bond donors (Lipinski definition) is 0. The van der Waals surface area contributed by atoms with Gasteiger partial charge in [0.1, 0.15) is 5.75 Å². The molecule has 5 nitrogen and oxygen atoms in total. The second-order valence-electron chi connectivity index (χ2n) is 7.37. The molecule has 2 aromatic carbocycles. The number of nitrogens with zero attached hydrogens (tertiary/aromatic N) is 1. The number of ether oxygens (including phenoxy) is 2. The minimum atomic E-state index is -0.848. The highest BCUT2D eigenvalue weighted by Gasteiger charge is 2.24. The normalized spacial score (nSPS) is 12.3. The molecule has 0 amide bonds. The summed E-state index contributed by atoms with van der Waals surface area (Å²) >= 11 is 0. The zero-order valence-corrected chi connectivity index (χ0v) is 17.6. The molecular weight excluding hydrogens is 366 g/mol. The molecule has 0 aliphatic heterocycles. The number of aldehydes is 1. The lowest BCUT2D eigenvalue weighted by Gasteiger charge is -2.23. The van der Waals surface area contributed by atoms with Crippen LogP contribution in [0.1, 0.15) is 38.1 Å². The molecule has 0 aliphatic carbocycles. The van der Waals surface area contributed by atoms with Crippen LogP contribution in [0.4, 0.5) is 0 Å². The van der Waals surface area contributed by atoms with Crippen LogP contribution in [0.3, 0.4) is 0 Å². The molecule has 1 aromatic heterocycles. The van der Waals surface area contributed by atoms with Crippen LogP contribution in [0.2, 0.25) is 0 Å². The largest absolute Gasteiger partial charge is 0.494 e. The molecule has 3 aromatic rings. The molecule has 0 fully saturated rings. The van der Waals surface area contributed by atoms with Crippen molar-refractivity contribution in [3.63, 3.8) is 0 Å². The first-order valence-corrected chi connectivity index (χ1v) is 9.84. The molecule has 5 heteroatoms. The molecule has 0 saturated heterocycles. The summed E-state index contributed by atoms with van der Waals surface area (Å²) in [5.74, 6) is 0.772. The Morgan fingerprint density at radius 3 is 2.34 bits per heavy atom. The molecule has 0 N–H and O–H groups in total. The van der Waals surface area contributed by atoms with Gasteiger partial charge in [0.25, 0.3) is 5.56 Å². The van der Waals surface area contributed by atoms with Crippen molar-refractivity contribution in [2.75, 3.05) is 6.61 Å². The molecule has 1 heterocycles. The first-order valence-electron chi connectivity index (χ1n) is 9.84. The topological polar surface area (TPSA) is 57.5 Å². The Hall–Kier alpha value is -2.92. The van der Waals surface area contributed by atoms with E-state index in [0.717, 1.165) is 34.1 Å². The van der Waals surface area contributed by atoms with Crippen LogP contribution >= 0.6 is 0 Å². The Balaban J connectivity index is 2.38. The number of hydrogen-bond acceptors (Lipinski definition) is 4. The number of benzene rings is 2. The van der Waals surface area contributed by atoms with E-state index in [1.807, 2.05) is 70.2 Å². The third kappa shape index (κ3) is 4.10. The van der Waals surface area contributed by atoms with Gasteiger partial charge in [0, 0.05) is 18.0 Å². The predicted octanol–water partition coefficient (Wildman–Crippen LogP) is 4.58. The molecule has 29 heavy (non-hydrogen) atoms. The summed E-state index contributed by atoms with van der Waals surface area (Å²) in [5, 5.41) is 1.42. The van der Waals surface area contributed by atoms with Gasteiger partial charge in [0.05, 0.1) is 18.4 Å². The van der Waals surface area contributed by atoms with Crippen molar-refractivity contribution >= 4 is 17.1 Å². The molecule has 0 saturated carbocycles. The monoisotopic (exact) mass is 393 g/mol. The van der Waals surface area contributed by atoms with Crippen LogP contribution < -0.4 is 10.3 Å². The lowest BCUT2D eigenvalue weighted by molar-refractivity contribution is -0.121. The number of fused-ring (bicyclic) bond motifs is 1. The van der Waals surface area contributed by atoms with E-state index >= 15 is 0 Å².